The fourth-order valence-electron chi connectivity index (χ4n) is 3.15. The van der Waals surface area contributed by atoms with Gasteiger partial charge in [0.15, 0.2) is 0 Å². The van der Waals surface area contributed by atoms with E-state index >= 15 is 0 Å². The highest BCUT2D eigenvalue weighted by atomic mass is 32.1. The van der Waals surface area contributed by atoms with E-state index in [4.69, 9.17) is 17.0 Å². The molecule has 0 aliphatic heterocycles. The van der Waals surface area contributed by atoms with Gasteiger partial charge in [-0.15, -0.1) is 0 Å². The average molecular weight is 343 g/mol. The first-order valence-corrected chi connectivity index (χ1v) is 8.53. The number of fused-ring (bicyclic) bond motifs is 1. The van der Waals surface area contributed by atoms with E-state index in [1.807, 2.05) is 41.0 Å². The minimum atomic E-state index is 0.778. The standard InChI is InChI=1S/C22H17NOS/c1-24-21-14-8-7-13-20(21)23-15-19(16-9-3-2-4-10-16)17-11-5-6-12-18(17)22(23)25/h2-15H,1H3. The fraction of sp³-hybridized carbons (Fsp3) is 0.0455. The second-order valence-electron chi connectivity index (χ2n) is 5.80. The Kier molecular flexibility index (Phi) is 4.08. The first-order chi connectivity index (χ1) is 12.3. The summed E-state index contributed by atoms with van der Waals surface area (Å²) < 4.78 is 8.36. The van der Waals surface area contributed by atoms with Crippen LogP contribution < -0.4 is 4.74 Å². The molecule has 0 N–H and O–H groups in total. The van der Waals surface area contributed by atoms with Gasteiger partial charge in [0.1, 0.15) is 10.4 Å². The van der Waals surface area contributed by atoms with Gasteiger partial charge in [0.05, 0.1) is 12.8 Å². The van der Waals surface area contributed by atoms with Crippen LogP contribution in [0.3, 0.4) is 0 Å². The molecular formula is C22H17NOS. The monoisotopic (exact) mass is 343 g/mol. The van der Waals surface area contributed by atoms with Crippen LogP contribution in [0.1, 0.15) is 0 Å². The molecule has 25 heavy (non-hydrogen) atoms. The highest BCUT2D eigenvalue weighted by Gasteiger charge is 2.11. The predicted octanol–water partition coefficient (Wildman–Crippen LogP) is 6.04. The van der Waals surface area contributed by atoms with Gasteiger partial charge in [-0.2, -0.15) is 0 Å². The average Bonchev–Trinajstić information content (AvgIpc) is 2.69. The molecule has 122 valence electrons. The molecule has 1 heterocycles. The number of pyridine rings is 1. The number of aromatic nitrogens is 1. The van der Waals surface area contributed by atoms with Crippen molar-refractivity contribution in [1.29, 1.82) is 0 Å². The van der Waals surface area contributed by atoms with Gasteiger partial charge in [0, 0.05) is 17.1 Å². The van der Waals surface area contributed by atoms with Gasteiger partial charge in [0.25, 0.3) is 0 Å². The quantitative estimate of drug-likeness (QED) is 0.421. The number of hydrogen-bond donors (Lipinski definition) is 0. The van der Waals surface area contributed by atoms with Crippen LogP contribution in [-0.4, -0.2) is 11.7 Å². The van der Waals surface area contributed by atoms with E-state index in [1.54, 1.807) is 7.11 Å². The van der Waals surface area contributed by atoms with Crippen LogP contribution in [0.4, 0.5) is 0 Å². The van der Waals surface area contributed by atoms with E-state index in [9.17, 15) is 0 Å². The molecule has 0 aliphatic carbocycles. The van der Waals surface area contributed by atoms with Gasteiger partial charge in [0.2, 0.25) is 0 Å². The lowest BCUT2D eigenvalue weighted by molar-refractivity contribution is 0.413. The molecule has 0 spiro atoms. The maximum absolute atomic E-state index is 5.80. The van der Waals surface area contributed by atoms with Crippen LogP contribution in [0, 0.1) is 4.64 Å². The lowest BCUT2D eigenvalue weighted by Crippen LogP contribution is -2.01. The van der Waals surface area contributed by atoms with Crippen molar-refractivity contribution in [3.63, 3.8) is 0 Å². The van der Waals surface area contributed by atoms with Crippen LogP contribution in [0.5, 0.6) is 5.75 Å². The van der Waals surface area contributed by atoms with Crippen molar-refractivity contribution in [2.45, 2.75) is 0 Å². The predicted molar refractivity (Wildman–Crippen MR) is 106 cm³/mol. The van der Waals surface area contributed by atoms with Crippen LogP contribution >= 0.6 is 12.2 Å². The summed E-state index contributed by atoms with van der Waals surface area (Å²) in [4.78, 5) is 0. The van der Waals surface area contributed by atoms with Crippen molar-refractivity contribution >= 4 is 23.0 Å². The van der Waals surface area contributed by atoms with E-state index < -0.39 is 0 Å². The summed E-state index contributed by atoms with van der Waals surface area (Å²) in [7, 11) is 1.68. The zero-order valence-corrected chi connectivity index (χ0v) is 14.7. The Morgan fingerprint density at radius 2 is 1.40 bits per heavy atom. The highest BCUT2D eigenvalue weighted by Crippen LogP contribution is 2.32. The minimum absolute atomic E-state index is 0.778. The fourth-order valence-corrected chi connectivity index (χ4v) is 3.48. The second kappa shape index (κ2) is 6.54. The SMILES string of the molecule is COc1ccccc1-n1cc(-c2ccccc2)c2ccccc2c1=S. The Morgan fingerprint density at radius 3 is 2.16 bits per heavy atom. The van der Waals surface area contributed by atoms with Crippen molar-refractivity contribution in [3.05, 3.63) is 89.7 Å². The third-order valence-electron chi connectivity index (χ3n) is 4.35. The minimum Gasteiger partial charge on any atom is -0.495 e. The van der Waals surface area contributed by atoms with Gasteiger partial charge in [-0.1, -0.05) is 78.9 Å². The number of methoxy groups -OCH3 is 1. The molecule has 0 saturated heterocycles. The number of nitrogens with zero attached hydrogens (tertiary/aromatic N) is 1. The molecule has 0 saturated carbocycles. The van der Waals surface area contributed by atoms with Crippen LogP contribution in [0.15, 0.2) is 85.1 Å². The first-order valence-electron chi connectivity index (χ1n) is 8.13. The van der Waals surface area contributed by atoms with E-state index in [0.717, 1.165) is 38.0 Å². The zero-order chi connectivity index (χ0) is 17.2. The molecule has 0 amide bonds. The largest absolute Gasteiger partial charge is 0.495 e. The van der Waals surface area contributed by atoms with E-state index in [1.165, 1.54) is 0 Å². The van der Waals surface area contributed by atoms with Crippen molar-refractivity contribution < 1.29 is 4.74 Å². The number of hydrogen-bond acceptors (Lipinski definition) is 2. The number of para-hydroxylation sites is 2. The lowest BCUT2D eigenvalue weighted by atomic mass is 10.0. The van der Waals surface area contributed by atoms with Gasteiger partial charge in [-0.25, -0.2) is 0 Å². The molecule has 0 fully saturated rings. The summed E-state index contributed by atoms with van der Waals surface area (Å²) >= 11 is 5.80. The summed E-state index contributed by atoms with van der Waals surface area (Å²) in [6, 6.07) is 26.6. The summed E-state index contributed by atoms with van der Waals surface area (Å²) in [5.74, 6) is 0.799. The van der Waals surface area contributed by atoms with Gasteiger partial charge in [-0.05, 0) is 23.1 Å². The molecule has 1 aromatic heterocycles. The molecule has 0 radical (unpaired) electrons. The Balaban J connectivity index is 2.10. The number of benzene rings is 3. The first kappa shape index (κ1) is 15.6. The molecular weight excluding hydrogens is 326 g/mol. The van der Waals surface area contributed by atoms with Crippen molar-refractivity contribution in [3.8, 4) is 22.6 Å². The summed E-state index contributed by atoms with van der Waals surface area (Å²) in [5, 5.41) is 2.22. The van der Waals surface area contributed by atoms with Gasteiger partial charge >= 0.3 is 0 Å². The third kappa shape index (κ3) is 2.73. The smallest absolute Gasteiger partial charge is 0.142 e. The third-order valence-corrected chi connectivity index (χ3v) is 4.77. The van der Waals surface area contributed by atoms with E-state index in [0.29, 0.717) is 0 Å². The maximum atomic E-state index is 5.80. The van der Waals surface area contributed by atoms with E-state index in [-0.39, 0.29) is 0 Å². The van der Waals surface area contributed by atoms with Crippen LogP contribution in [0.2, 0.25) is 0 Å². The summed E-state index contributed by atoms with van der Waals surface area (Å²) in [5.41, 5.74) is 3.26. The Labute approximate surface area is 151 Å². The highest BCUT2D eigenvalue weighted by molar-refractivity contribution is 7.71. The number of rotatable bonds is 3. The van der Waals surface area contributed by atoms with Crippen molar-refractivity contribution in [2.75, 3.05) is 7.11 Å². The van der Waals surface area contributed by atoms with E-state index in [2.05, 4.69) is 48.7 Å². The molecule has 4 rings (SSSR count). The normalized spacial score (nSPS) is 10.8. The molecule has 0 aliphatic rings. The summed E-state index contributed by atoms with van der Waals surface area (Å²) in [6.45, 7) is 0. The molecule has 0 atom stereocenters. The lowest BCUT2D eigenvalue weighted by Gasteiger charge is -2.16. The zero-order valence-electron chi connectivity index (χ0n) is 13.8. The molecule has 3 heteroatoms. The topological polar surface area (TPSA) is 14.2 Å². The molecule has 4 aromatic rings. The van der Waals surface area contributed by atoms with Crippen molar-refractivity contribution in [1.82, 2.24) is 4.57 Å². The van der Waals surface area contributed by atoms with Gasteiger partial charge < -0.3 is 9.30 Å². The Bertz CT molecular complexity index is 1100. The Hall–Kier alpha value is -2.91. The Morgan fingerprint density at radius 1 is 0.760 bits per heavy atom. The van der Waals surface area contributed by atoms with Crippen LogP contribution in [0.25, 0.3) is 27.6 Å². The molecule has 2 nitrogen and oxygen atoms in total. The summed E-state index contributed by atoms with van der Waals surface area (Å²) in [6.07, 6.45) is 2.11. The molecule has 0 bridgehead atoms. The maximum Gasteiger partial charge on any atom is 0.142 e. The van der Waals surface area contributed by atoms with Gasteiger partial charge in [-0.3, -0.25) is 0 Å². The molecule has 3 aromatic carbocycles. The second-order valence-corrected chi connectivity index (χ2v) is 6.19. The van der Waals surface area contributed by atoms with Crippen molar-refractivity contribution in [2.24, 2.45) is 0 Å². The van der Waals surface area contributed by atoms with Crippen LogP contribution in [-0.2, 0) is 0 Å². The number of ether oxygens (including phenoxy) is 1. The molecule has 0 unspecified atom stereocenters.